The van der Waals surface area contributed by atoms with E-state index < -0.39 is 0 Å². The third-order valence-corrected chi connectivity index (χ3v) is 3.97. The fourth-order valence-electron chi connectivity index (χ4n) is 2.66. The van der Waals surface area contributed by atoms with Crippen LogP contribution in [-0.4, -0.2) is 6.10 Å². The highest BCUT2D eigenvalue weighted by molar-refractivity contribution is 6.30. The van der Waals surface area contributed by atoms with Gasteiger partial charge in [-0.15, -0.1) is 0 Å². The molecule has 1 aromatic rings. The van der Waals surface area contributed by atoms with E-state index in [1.165, 1.54) is 30.4 Å². The number of unbranched alkanes of at least 4 members (excludes halogenated alkanes) is 2. The molecule has 1 aliphatic rings. The SMILES string of the molecule is C=C1C[C@@H](CCCCC)O[C@@H](c2ccc(Cl)cc2)C1. The van der Waals surface area contributed by atoms with Crippen molar-refractivity contribution >= 4 is 11.6 Å². The molecule has 0 spiro atoms. The lowest BCUT2D eigenvalue weighted by atomic mass is 9.93. The third-order valence-electron chi connectivity index (χ3n) is 3.72. The maximum absolute atomic E-state index is 6.23. The quantitative estimate of drug-likeness (QED) is 0.496. The van der Waals surface area contributed by atoms with E-state index in [0.717, 1.165) is 24.3 Å². The lowest BCUT2D eigenvalue weighted by Gasteiger charge is -2.32. The molecule has 0 bridgehead atoms. The highest BCUT2D eigenvalue weighted by atomic mass is 35.5. The van der Waals surface area contributed by atoms with Gasteiger partial charge in [0.1, 0.15) is 0 Å². The molecule has 0 aliphatic carbocycles. The number of benzene rings is 1. The molecule has 0 amide bonds. The van der Waals surface area contributed by atoms with Crippen LogP contribution in [0.5, 0.6) is 0 Å². The Balaban J connectivity index is 1.97. The minimum atomic E-state index is 0.158. The predicted molar refractivity (Wildman–Crippen MR) is 81.6 cm³/mol. The Morgan fingerprint density at radius 1 is 1.21 bits per heavy atom. The lowest BCUT2D eigenvalue weighted by Crippen LogP contribution is -2.23. The van der Waals surface area contributed by atoms with Gasteiger partial charge in [-0.2, -0.15) is 0 Å². The summed E-state index contributed by atoms with van der Waals surface area (Å²) in [5, 5.41) is 0.776. The molecule has 0 N–H and O–H groups in total. The first kappa shape index (κ1) is 14.6. The van der Waals surface area contributed by atoms with Crippen LogP contribution < -0.4 is 0 Å². The number of rotatable bonds is 5. The highest BCUT2D eigenvalue weighted by Gasteiger charge is 2.25. The Morgan fingerprint density at radius 3 is 2.63 bits per heavy atom. The Hall–Kier alpha value is -0.790. The molecule has 2 rings (SSSR count). The van der Waals surface area contributed by atoms with Gasteiger partial charge < -0.3 is 4.74 Å². The highest BCUT2D eigenvalue weighted by Crippen LogP contribution is 2.35. The molecular formula is C17H23ClO. The maximum Gasteiger partial charge on any atom is 0.0865 e. The molecule has 1 nitrogen and oxygen atoms in total. The molecule has 0 saturated carbocycles. The van der Waals surface area contributed by atoms with Crippen LogP contribution in [0.1, 0.15) is 57.1 Å². The molecule has 2 heteroatoms. The molecule has 1 aliphatic heterocycles. The van der Waals surface area contributed by atoms with Gasteiger partial charge in [-0.25, -0.2) is 0 Å². The van der Waals surface area contributed by atoms with Gasteiger partial charge in [0, 0.05) is 5.02 Å². The number of ether oxygens (including phenoxy) is 1. The van der Waals surface area contributed by atoms with E-state index in [2.05, 4.69) is 25.6 Å². The summed E-state index contributed by atoms with van der Waals surface area (Å²) in [7, 11) is 0. The molecular weight excluding hydrogens is 256 g/mol. The van der Waals surface area contributed by atoms with Crippen LogP contribution in [0.3, 0.4) is 0 Å². The molecule has 0 aromatic heterocycles. The summed E-state index contributed by atoms with van der Waals surface area (Å²) in [5.41, 5.74) is 2.53. The second kappa shape index (κ2) is 7.12. The Morgan fingerprint density at radius 2 is 1.95 bits per heavy atom. The van der Waals surface area contributed by atoms with Crippen molar-refractivity contribution in [1.82, 2.24) is 0 Å². The zero-order chi connectivity index (χ0) is 13.7. The van der Waals surface area contributed by atoms with Crippen molar-refractivity contribution in [3.63, 3.8) is 0 Å². The normalized spacial score (nSPS) is 23.6. The average Bonchev–Trinajstić information content (AvgIpc) is 2.39. The van der Waals surface area contributed by atoms with Crippen molar-refractivity contribution in [2.45, 2.75) is 57.7 Å². The van der Waals surface area contributed by atoms with Crippen LogP contribution in [0, 0.1) is 0 Å². The molecule has 1 saturated heterocycles. The molecule has 0 radical (unpaired) electrons. The van der Waals surface area contributed by atoms with Crippen molar-refractivity contribution in [1.29, 1.82) is 0 Å². The van der Waals surface area contributed by atoms with Gasteiger partial charge in [0.15, 0.2) is 0 Å². The lowest BCUT2D eigenvalue weighted by molar-refractivity contribution is -0.0373. The molecule has 0 unspecified atom stereocenters. The van der Waals surface area contributed by atoms with Crippen molar-refractivity contribution in [3.05, 3.63) is 47.0 Å². The summed E-state index contributed by atoms with van der Waals surface area (Å²) < 4.78 is 6.23. The summed E-state index contributed by atoms with van der Waals surface area (Å²) in [6.45, 7) is 6.41. The topological polar surface area (TPSA) is 9.23 Å². The molecule has 19 heavy (non-hydrogen) atoms. The van der Waals surface area contributed by atoms with E-state index in [-0.39, 0.29) is 6.10 Å². The van der Waals surface area contributed by atoms with Crippen molar-refractivity contribution < 1.29 is 4.74 Å². The Labute approximate surface area is 121 Å². The van der Waals surface area contributed by atoms with Crippen molar-refractivity contribution in [2.24, 2.45) is 0 Å². The summed E-state index contributed by atoms with van der Waals surface area (Å²) in [5.74, 6) is 0. The predicted octanol–water partition coefficient (Wildman–Crippen LogP) is 5.70. The smallest absolute Gasteiger partial charge is 0.0865 e. The summed E-state index contributed by atoms with van der Waals surface area (Å²) >= 11 is 5.93. The van der Waals surface area contributed by atoms with Crippen molar-refractivity contribution in [2.75, 3.05) is 0 Å². The fraction of sp³-hybridized carbons (Fsp3) is 0.529. The van der Waals surface area contributed by atoms with Gasteiger partial charge >= 0.3 is 0 Å². The summed E-state index contributed by atoms with van der Waals surface area (Å²) in [6, 6.07) is 8.00. The third kappa shape index (κ3) is 4.36. The van der Waals surface area contributed by atoms with E-state index in [1.54, 1.807) is 0 Å². The maximum atomic E-state index is 6.23. The van der Waals surface area contributed by atoms with E-state index in [1.807, 2.05) is 12.1 Å². The van der Waals surface area contributed by atoms with E-state index in [9.17, 15) is 0 Å². The van der Waals surface area contributed by atoms with Crippen LogP contribution in [-0.2, 0) is 4.74 Å². The fourth-order valence-corrected chi connectivity index (χ4v) is 2.79. The molecule has 1 fully saturated rings. The second-order valence-corrected chi connectivity index (χ2v) is 5.89. The van der Waals surface area contributed by atoms with Crippen LogP contribution in [0.25, 0.3) is 0 Å². The largest absolute Gasteiger partial charge is 0.370 e. The summed E-state index contributed by atoms with van der Waals surface area (Å²) in [4.78, 5) is 0. The molecule has 2 atom stereocenters. The van der Waals surface area contributed by atoms with Crippen LogP contribution in [0.4, 0.5) is 0 Å². The molecule has 104 valence electrons. The zero-order valence-electron chi connectivity index (χ0n) is 11.7. The second-order valence-electron chi connectivity index (χ2n) is 5.45. The minimum Gasteiger partial charge on any atom is -0.370 e. The number of hydrogen-bond acceptors (Lipinski definition) is 1. The van der Waals surface area contributed by atoms with E-state index in [4.69, 9.17) is 16.3 Å². The number of hydrogen-bond donors (Lipinski definition) is 0. The first-order chi connectivity index (χ1) is 9.19. The first-order valence-electron chi connectivity index (χ1n) is 7.26. The molecule has 1 heterocycles. The van der Waals surface area contributed by atoms with Crippen LogP contribution >= 0.6 is 11.6 Å². The summed E-state index contributed by atoms with van der Waals surface area (Å²) in [6.07, 6.45) is 7.41. The van der Waals surface area contributed by atoms with Crippen LogP contribution in [0.2, 0.25) is 5.02 Å². The monoisotopic (exact) mass is 278 g/mol. The Bertz CT molecular complexity index is 410. The standard InChI is InChI=1S/C17H23ClO/c1-3-4-5-6-16-11-13(2)12-17(19-16)14-7-9-15(18)10-8-14/h7-10,16-17H,2-6,11-12H2,1H3/t16-,17-/m1/s1. The van der Waals surface area contributed by atoms with Gasteiger partial charge in [0.05, 0.1) is 12.2 Å². The zero-order valence-corrected chi connectivity index (χ0v) is 12.5. The van der Waals surface area contributed by atoms with Crippen molar-refractivity contribution in [3.8, 4) is 0 Å². The minimum absolute atomic E-state index is 0.158. The average molecular weight is 279 g/mol. The first-order valence-corrected chi connectivity index (χ1v) is 7.64. The van der Waals surface area contributed by atoms with E-state index >= 15 is 0 Å². The number of halogens is 1. The molecule has 1 aromatic carbocycles. The van der Waals surface area contributed by atoms with Gasteiger partial charge in [0.2, 0.25) is 0 Å². The van der Waals surface area contributed by atoms with Gasteiger partial charge in [-0.05, 0) is 37.0 Å². The van der Waals surface area contributed by atoms with Gasteiger partial charge in [0.25, 0.3) is 0 Å². The van der Waals surface area contributed by atoms with Gasteiger partial charge in [-0.3, -0.25) is 0 Å². The van der Waals surface area contributed by atoms with Gasteiger partial charge in [-0.1, -0.05) is 62.1 Å². The van der Waals surface area contributed by atoms with Crippen LogP contribution in [0.15, 0.2) is 36.4 Å². The van der Waals surface area contributed by atoms with E-state index in [0.29, 0.717) is 6.10 Å². The Kier molecular flexibility index (Phi) is 5.47.